The van der Waals surface area contributed by atoms with E-state index in [9.17, 15) is 14.4 Å². The molecule has 7 aromatic carbocycles. The second kappa shape index (κ2) is 35.7. The molecule has 2 atom stereocenters. The number of nitrogens with zero attached hydrogens (tertiary/aromatic N) is 10. The van der Waals surface area contributed by atoms with Gasteiger partial charge in [-0.3, -0.25) is 24.2 Å². The van der Waals surface area contributed by atoms with Crippen molar-refractivity contribution in [2.24, 2.45) is 28.2 Å². The maximum Gasteiger partial charge on any atom is 0.169 e. The molecule has 9 aliphatic rings. The topological polar surface area (TPSA) is 159 Å². The monoisotopic (exact) mass is 1660 g/mol. The minimum Gasteiger partial charge on any atom is -0.348 e. The molecular formula is C88H89Cl8N11O5. The molecule has 1 saturated heterocycles. The van der Waals surface area contributed by atoms with Crippen molar-refractivity contribution in [3.05, 3.63) is 266 Å². The summed E-state index contributed by atoms with van der Waals surface area (Å²) in [5.41, 5.74) is 21.0. The van der Waals surface area contributed by atoms with E-state index in [0.29, 0.717) is 79.7 Å². The number of hydrogen-bond donors (Lipinski definition) is 1. The van der Waals surface area contributed by atoms with Crippen LogP contribution in [0, 0.1) is 0 Å². The first kappa shape index (κ1) is 81.1. The van der Waals surface area contributed by atoms with Gasteiger partial charge in [0, 0.05) is 197 Å². The van der Waals surface area contributed by atoms with Crippen LogP contribution in [0.4, 0.5) is 0 Å². The lowest BCUT2D eigenvalue weighted by atomic mass is 9.93. The van der Waals surface area contributed by atoms with Gasteiger partial charge in [0.25, 0.3) is 0 Å². The van der Waals surface area contributed by atoms with Gasteiger partial charge in [-0.05, 0) is 139 Å². The van der Waals surface area contributed by atoms with Gasteiger partial charge in [-0.15, -0.1) is 12.4 Å². The van der Waals surface area contributed by atoms with E-state index in [4.69, 9.17) is 101 Å². The van der Waals surface area contributed by atoms with Crippen molar-refractivity contribution in [2.75, 3.05) is 13.2 Å². The van der Waals surface area contributed by atoms with Crippen molar-refractivity contribution < 1.29 is 23.9 Å². The molecular weight excluding hydrogens is 1570 g/mol. The molecule has 0 radical (unpaired) electrons. The zero-order valence-corrected chi connectivity index (χ0v) is 69.2. The lowest BCUT2D eigenvalue weighted by molar-refractivity contribution is -0.179. The van der Waals surface area contributed by atoms with Crippen LogP contribution >= 0.6 is 93.6 Å². The van der Waals surface area contributed by atoms with E-state index >= 15 is 0 Å². The van der Waals surface area contributed by atoms with E-state index in [1.54, 1.807) is 0 Å². The number of nitrogens with one attached hydrogen (secondary N) is 1. The van der Waals surface area contributed by atoms with E-state index in [1.807, 2.05) is 140 Å². The second-order valence-electron chi connectivity index (χ2n) is 29.9. The first-order valence-electron chi connectivity index (χ1n) is 38.2. The quantitative estimate of drug-likeness (QED) is 0.168. The van der Waals surface area contributed by atoms with Crippen molar-refractivity contribution in [3.63, 3.8) is 0 Å². The van der Waals surface area contributed by atoms with Crippen LogP contribution in [0.15, 0.2) is 152 Å². The Hall–Kier alpha value is -7.49. The summed E-state index contributed by atoms with van der Waals surface area (Å²) >= 11 is 44.0. The highest BCUT2D eigenvalue weighted by atomic mass is 35.5. The molecule has 4 aromatic heterocycles. The molecule has 8 heterocycles. The Morgan fingerprint density at radius 2 is 0.768 bits per heavy atom. The molecule has 20 rings (SSSR count). The molecule has 0 bridgehead atoms. The Morgan fingerprint density at radius 3 is 1.27 bits per heavy atom. The van der Waals surface area contributed by atoms with Crippen molar-refractivity contribution in [1.29, 1.82) is 0 Å². The number of benzene rings is 7. The van der Waals surface area contributed by atoms with Crippen LogP contribution in [-0.2, 0) is 143 Å². The average molecular weight is 1660 g/mol. The van der Waals surface area contributed by atoms with E-state index in [1.165, 1.54) is 56.2 Å². The molecule has 0 amide bonds. The maximum atomic E-state index is 11.5. The minimum absolute atomic E-state index is 0. The first-order valence-corrected chi connectivity index (χ1v) is 40.9. The Kier molecular flexibility index (Phi) is 25.9. The zero-order chi connectivity index (χ0) is 77.2. The summed E-state index contributed by atoms with van der Waals surface area (Å²) in [5.74, 6) is 4.17. The molecule has 16 nitrogen and oxygen atoms in total. The van der Waals surface area contributed by atoms with E-state index in [0.717, 1.165) is 197 Å². The molecule has 112 heavy (non-hydrogen) atoms. The molecule has 5 aliphatic carbocycles. The fourth-order valence-corrected chi connectivity index (χ4v) is 18.6. The number of imidazole rings is 4. The van der Waals surface area contributed by atoms with Crippen molar-refractivity contribution >= 4 is 111 Å². The number of carbonyl (C=O) groups excluding carboxylic acids is 3. The predicted molar refractivity (Wildman–Crippen MR) is 449 cm³/mol. The number of ether oxygens (including phenoxy) is 2. The molecule has 2 fully saturated rings. The number of carbonyl (C=O) groups is 3. The number of hydrogen-bond acceptors (Lipinski definition) is 12. The molecule has 1 spiro atoms. The van der Waals surface area contributed by atoms with Gasteiger partial charge in [-0.2, -0.15) is 0 Å². The molecule has 2 unspecified atom stereocenters. The summed E-state index contributed by atoms with van der Waals surface area (Å²) in [4.78, 5) is 58.2. The van der Waals surface area contributed by atoms with Gasteiger partial charge in [0.1, 0.15) is 40.6 Å². The lowest BCUT2D eigenvalue weighted by Crippen LogP contribution is -2.36. The first-order chi connectivity index (χ1) is 53.7. The van der Waals surface area contributed by atoms with E-state index in [2.05, 4.69) is 83.2 Å². The van der Waals surface area contributed by atoms with Crippen LogP contribution in [0.3, 0.4) is 0 Å². The highest BCUT2D eigenvalue weighted by Gasteiger charge is 2.40. The third-order valence-corrected chi connectivity index (χ3v) is 25.5. The summed E-state index contributed by atoms with van der Waals surface area (Å²) in [6.07, 6.45) is 12.8. The maximum absolute atomic E-state index is 11.5. The summed E-state index contributed by atoms with van der Waals surface area (Å²) in [6, 6.07) is 50.8. The van der Waals surface area contributed by atoms with Gasteiger partial charge < -0.3 is 33.1 Å². The van der Waals surface area contributed by atoms with E-state index < -0.39 is 0 Å². The molecule has 1 N–H and O–H groups in total. The van der Waals surface area contributed by atoms with Crippen molar-refractivity contribution in [2.45, 2.75) is 160 Å². The Labute approximate surface area is 695 Å². The smallest absolute Gasteiger partial charge is 0.169 e. The third kappa shape index (κ3) is 17.5. The molecule has 582 valence electrons. The van der Waals surface area contributed by atoms with Crippen LogP contribution in [0.1, 0.15) is 130 Å². The standard InChI is InChI=1S/2C22H21Cl2N3.2C14H13ClN2O.C8H8ClN.C8H12O3.ClH/c1-26-21-10-9-15(27-12-14-5-4-8-19(24)17(14)13-27)11-20(21)25-22(26)16-6-2-3-7-18(16)23;1-26-21-11-15(27-12-14-5-4-8-19(24)17(14)13-27)9-10-20(21)25-22(26)16-6-2-3-7-18(16)23;1-17-13-7-6-9(18)8-12(13)16-14(17)10-4-2-3-5-11(10)15;1-17-13-8-9(18)6-7-12(13)16-14(17)10-4-2-3-5-11(10)15;9-8-3-1-2-6-4-10-5-7(6)8;9-7-1-3-8(4-2-7)10-5-6-11-8;/h2*2-8,15H,9-13H2,1H3;2*2-5H,6-8H2,1H3;1-3,10H,4-5H2;1-6H2;1H. The number of fused-ring (bicyclic) bond motifs is 7. The molecule has 1 saturated carbocycles. The fourth-order valence-electron chi connectivity index (χ4n) is 17.0. The van der Waals surface area contributed by atoms with Crippen LogP contribution in [0.25, 0.3) is 45.6 Å². The number of ketones is 3. The van der Waals surface area contributed by atoms with E-state index in [-0.39, 0.29) is 29.8 Å². The Morgan fingerprint density at radius 1 is 0.366 bits per heavy atom. The number of aromatic nitrogens is 8. The van der Waals surface area contributed by atoms with Gasteiger partial charge in [0.15, 0.2) is 5.79 Å². The van der Waals surface area contributed by atoms with Crippen LogP contribution in [-0.4, -0.2) is 96.4 Å². The SMILES string of the molecule is Cl.Clc1cccc2c1CNC2.Cn1c(-c2ccccc2Cl)nc2c1CC(=O)CC2.Cn1c(-c2ccccc2Cl)nc2c1CC(N1Cc3cccc(Cl)c3C1)CC2.Cn1c(-c2ccccc2Cl)nc2c1CCC(=O)C2.Cn1c(-c2ccccc2Cl)nc2c1CCC(N1Cc3cccc(Cl)c3C1)C2.O=C1CCC2(CC1)OCCO2. The van der Waals surface area contributed by atoms with Gasteiger partial charge in [-0.1, -0.05) is 166 Å². The largest absolute Gasteiger partial charge is 0.348 e. The molecule has 24 heteroatoms. The normalized spacial score (nSPS) is 18.2. The minimum atomic E-state index is -0.367. The summed E-state index contributed by atoms with van der Waals surface area (Å²) in [5, 5.41) is 8.81. The van der Waals surface area contributed by atoms with Gasteiger partial charge in [0.2, 0.25) is 0 Å². The fraction of sp³-hybridized carbons (Fsp3) is 0.352. The predicted octanol–water partition coefficient (Wildman–Crippen LogP) is 19.4. The second-order valence-corrected chi connectivity index (χ2v) is 32.7. The van der Waals surface area contributed by atoms with Gasteiger partial charge in [0.05, 0.1) is 62.5 Å². The molecule has 4 aliphatic heterocycles. The number of aryl methyl sites for hydroxylation is 2. The number of rotatable bonds is 6. The van der Waals surface area contributed by atoms with Gasteiger partial charge >= 0.3 is 0 Å². The van der Waals surface area contributed by atoms with Crippen molar-refractivity contribution in [3.8, 4) is 45.6 Å². The number of Topliss-reactive ketones (excluding diaryl/α,β-unsaturated/α-hetero) is 3. The zero-order valence-electron chi connectivity index (χ0n) is 63.1. The van der Waals surface area contributed by atoms with Crippen LogP contribution < -0.4 is 5.32 Å². The lowest BCUT2D eigenvalue weighted by Gasteiger charge is -2.31. The summed E-state index contributed by atoms with van der Waals surface area (Å²) in [6.45, 7) is 7.14. The average Bonchev–Trinajstić information content (AvgIpc) is 1.60. The Bertz CT molecular complexity index is 5230. The van der Waals surface area contributed by atoms with Crippen LogP contribution in [0.2, 0.25) is 35.2 Å². The van der Waals surface area contributed by atoms with Gasteiger partial charge in [-0.25, -0.2) is 19.9 Å². The molecule has 11 aromatic rings. The van der Waals surface area contributed by atoms with Crippen molar-refractivity contribution in [1.82, 2.24) is 53.3 Å². The summed E-state index contributed by atoms with van der Waals surface area (Å²) < 4.78 is 19.4. The highest BCUT2D eigenvalue weighted by molar-refractivity contribution is 6.35. The highest BCUT2D eigenvalue weighted by Crippen LogP contribution is 2.41. The third-order valence-electron chi connectivity index (χ3n) is 23.1. The number of halogens is 8. The Balaban J connectivity index is 0.000000115. The van der Waals surface area contributed by atoms with Crippen LogP contribution in [0.5, 0.6) is 0 Å². The summed E-state index contributed by atoms with van der Waals surface area (Å²) in [7, 11) is 8.15.